The molecule has 0 aliphatic heterocycles. The predicted octanol–water partition coefficient (Wildman–Crippen LogP) is 2.26. The van der Waals surface area contributed by atoms with Gasteiger partial charge in [0, 0.05) is 11.3 Å². The number of carbonyl (C=O) groups is 1. The molecule has 1 amide bonds. The van der Waals surface area contributed by atoms with Gasteiger partial charge in [0.1, 0.15) is 5.60 Å². The minimum Gasteiger partial charge on any atom is -0.444 e. The first kappa shape index (κ1) is 15.4. The van der Waals surface area contributed by atoms with Crippen LogP contribution in [0.25, 0.3) is 11.4 Å². The molecule has 0 saturated carbocycles. The molecule has 0 fully saturated rings. The van der Waals surface area contributed by atoms with E-state index in [1.165, 1.54) is 0 Å². The molecular formula is C15H15N5O2. The van der Waals surface area contributed by atoms with Crippen LogP contribution in [0.4, 0.5) is 10.5 Å². The summed E-state index contributed by atoms with van der Waals surface area (Å²) in [7, 11) is 0. The summed E-state index contributed by atoms with van der Waals surface area (Å²) in [5.41, 5.74) is 0.756. The smallest absolute Gasteiger partial charge is 0.412 e. The van der Waals surface area contributed by atoms with Crippen LogP contribution in [0, 0.1) is 12.3 Å². The maximum Gasteiger partial charge on any atom is 0.412 e. The van der Waals surface area contributed by atoms with Crippen LogP contribution in [0.3, 0.4) is 0 Å². The second-order valence-electron chi connectivity index (χ2n) is 5.40. The largest absolute Gasteiger partial charge is 0.444 e. The molecule has 1 N–H and O–H groups in total. The Bertz CT molecular complexity index is 697. The predicted molar refractivity (Wildman–Crippen MR) is 80.8 cm³/mol. The van der Waals surface area contributed by atoms with Crippen LogP contribution in [0.1, 0.15) is 26.6 Å². The summed E-state index contributed by atoms with van der Waals surface area (Å²) in [6, 6.07) is 6.89. The summed E-state index contributed by atoms with van der Waals surface area (Å²) >= 11 is 0. The van der Waals surface area contributed by atoms with Gasteiger partial charge in [-0.1, -0.05) is 0 Å². The lowest BCUT2D eigenvalue weighted by atomic mass is 10.2. The maximum atomic E-state index is 11.7. The molecule has 0 unspecified atom stereocenters. The summed E-state index contributed by atoms with van der Waals surface area (Å²) in [5.74, 6) is 2.73. The molecule has 0 spiro atoms. The van der Waals surface area contributed by atoms with Crippen LogP contribution in [0.5, 0.6) is 0 Å². The number of nitrogens with zero attached hydrogens (tertiary/aromatic N) is 4. The van der Waals surface area contributed by atoms with Crippen LogP contribution < -0.4 is 5.32 Å². The normalized spacial score (nSPS) is 10.6. The molecule has 1 aromatic heterocycles. The van der Waals surface area contributed by atoms with Crippen LogP contribution in [0.2, 0.25) is 0 Å². The van der Waals surface area contributed by atoms with Gasteiger partial charge in [0.25, 0.3) is 0 Å². The van der Waals surface area contributed by atoms with Gasteiger partial charge in [-0.05, 0) is 51.0 Å². The molecule has 2 aromatic rings. The van der Waals surface area contributed by atoms with Crippen molar-refractivity contribution >= 4 is 11.8 Å². The van der Waals surface area contributed by atoms with Gasteiger partial charge in [0.2, 0.25) is 11.6 Å². The molecule has 1 heterocycles. The first-order valence-corrected chi connectivity index (χ1v) is 6.52. The molecule has 0 bridgehead atoms. The fourth-order valence-corrected chi connectivity index (χ4v) is 1.53. The van der Waals surface area contributed by atoms with Crippen molar-refractivity contribution in [2.75, 3.05) is 5.32 Å². The molecule has 7 heteroatoms. The monoisotopic (exact) mass is 297 g/mol. The number of rotatable bonds is 2. The van der Waals surface area contributed by atoms with Crippen LogP contribution in [-0.4, -0.2) is 32.1 Å². The third-order valence-electron chi connectivity index (χ3n) is 2.40. The molecule has 0 aliphatic rings. The van der Waals surface area contributed by atoms with Crippen molar-refractivity contribution in [2.24, 2.45) is 0 Å². The molecule has 112 valence electrons. The van der Waals surface area contributed by atoms with Gasteiger partial charge in [-0.15, -0.1) is 26.8 Å². The van der Waals surface area contributed by atoms with E-state index in [4.69, 9.17) is 11.2 Å². The quantitative estimate of drug-likeness (QED) is 0.855. The zero-order chi connectivity index (χ0) is 16.2. The van der Waals surface area contributed by atoms with E-state index in [0.29, 0.717) is 17.1 Å². The maximum absolute atomic E-state index is 11.7. The molecule has 7 nitrogen and oxygen atoms in total. The Morgan fingerprint density at radius 3 is 2.23 bits per heavy atom. The first-order valence-electron chi connectivity index (χ1n) is 6.52. The average Bonchev–Trinajstić information content (AvgIpc) is 2.46. The highest BCUT2D eigenvalue weighted by molar-refractivity contribution is 5.85. The number of nitrogens with one attached hydrogen (secondary N) is 1. The van der Waals surface area contributed by atoms with Crippen molar-refractivity contribution < 1.29 is 9.53 Å². The zero-order valence-electron chi connectivity index (χ0n) is 12.5. The van der Waals surface area contributed by atoms with E-state index in [2.05, 4.69) is 31.6 Å². The highest BCUT2D eigenvalue weighted by atomic mass is 16.6. The van der Waals surface area contributed by atoms with Gasteiger partial charge >= 0.3 is 6.09 Å². The molecular weight excluding hydrogens is 282 g/mol. The molecule has 0 atom stereocenters. The Labute approximate surface area is 128 Å². The number of amides is 1. The van der Waals surface area contributed by atoms with Crippen molar-refractivity contribution in [2.45, 2.75) is 26.4 Å². The third-order valence-corrected chi connectivity index (χ3v) is 2.40. The fourth-order valence-electron chi connectivity index (χ4n) is 1.53. The zero-order valence-corrected chi connectivity index (χ0v) is 12.5. The van der Waals surface area contributed by atoms with Crippen molar-refractivity contribution in [1.82, 2.24) is 20.4 Å². The number of benzene rings is 1. The number of hydrogen-bond acceptors (Lipinski definition) is 6. The Hall–Kier alpha value is -3.01. The van der Waals surface area contributed by atoms with Gasteiger partial charge in [0.05, 0.1) is 0 Å². The molecule has 22 heavy (non-hydrogen) atoms. The Morgan fingerprint density at radius 1 is 1.14 bits per heavy atom. The van der Waals surface area contributed by atoms with Gasteiger partial charge in [-0.3, -0.25) is 5.32 Å². The highest BCUT2D eigenvalue weighted by Crippen LogP contribution is 2.17. The van der Waals surface area contributed by atoms with Crippen molar-refractivity contribution in [3.05, 3.63) is 30.1 Å². The molecule has 0 aliphatic carbocycles. The van der Waals surface area contributed by atoms with Gasteiger partial charge in [-0.25, -0.2) is 4.79 Å². The topological polar surface area (TPSA) is 89.9 Å². The molecule has 1 aromatic carbocycles. The Morgan fingerprint density at radius 2 is 1.73 bits per heavy atom. The van der Waals surface area contributed by atoms with Crippen LogP contribution in [-0.2, 0) is 4.74 Å². The first-order chi connectivity index (χ1) is 10.4. The van der Waals surface area contributed by atoms with Gasteiger partial charge < -0.3 is 4.74 Å². The van der Waals surface area contributed by atoms with E-state index in [9.17, 15) is 4.79 Å². The summed E-state index contributed by atoms with van der Waals surface area (Å²) in [5, 5.41) is 17.9. The molecule has 0 radical (unpaired) electrons. The third kappa shape index (κ3) is 4.24. The second kappa shape index (κ2) is 6.18. The van der Waals surface area contributed by atoms with E-state index in [0.717, 1.165) is 0 Å². The SMILES string of the molecule is C#Cc1nnc(-c2ccc(NC(=O)OC(C)(C)C)cc2)nn1. The van der Waals surface area contributed by atoms with E-state index in [1.807, 2.05) is 0 Å². The van der Waals surface area contributed by atoms with Gasteiger partial charge in [-0.2, -0.15) is 0 Å². The van der Waals surface area contributed by atoms with Crippen LogP contribution >= 0.6 is 0 Å². The van der Waals surface area contributed by atoms with E-state index in [1.54, 1.807) is 45.0 Å². The number of carbonyl (C=O) groups excluding carboxylic acids is 1. The Kier molecular flexibility index (Phi) is 4.32. The lowest BCUT2D eigenvalue weighted by molar-refractivity contribution is 0.0636. The van der Waals surface area contributed by atoms with Crippen molar-refractivity contribution in [3.63, 3.8) is 0 Å². The van der Waals surface area contributed by atoms with E-state index >= 15 is 0 Å². The lowest BCUT2D eigenvalue weighted by Crippen LogP contribution is -2.27. The number of terminal acetylenes is 1. The average molecular weight is 297 g/mol. The Balaban J connectivity index is 2.07. The number of anilines is 1. The van der Waals surface area contributed by atoms with E-state index in [-0.39, 0.29) is 5.82 Å². The summed E-state index contributed by atoms with van der Waals surface area (Å²) in [6.45, 7) is 5.40. The van der Waals surface area contributed by atoms with E-state index < -0.39 is 11.7 Å². The minimum atomic E-state index is -0.548. The standard InChI is InChI=1S/C15H15N5O2/c1-5-12-17-19-13(20-18-12)10-6-8-11(9-7-10)16-14(21)22-15(2,3)4/h1,6-9H,2-4H3,(H,16,21). The minimum absolute atomic E-state index is 0.131. The lowest BCUT2D eigenvalue weighted by Gasteiger charge is -2.19. The van der Waals surface area contributed by atoms with Gasteiger partial charge in [0.15, 0.2) is 0 Å². The van der Waals surface area contributed by atoms with Crippen LogP contribution in [0.15, 0.2) is 24.3 Å². The second-order valence-corrected chi connectivity index (χ2v) is 5.40. The summed E-state index contributed by atoms with van der Waals surface area (Å²) in [4.78, 5) is 11.7. The highest BCUT2D eigenvalue weighted by Gasteiger charge is 2.16. The summed E-state index contributed by atoms with van der Waals surface area (Å²) < 4.78 is 5.17. The summed E-state index contributed by atoms with van der Waals surface area (Å²) in [6.07, 6.45) is 4.63. The van der Waals surface area contributed by atoms with Crippen molar-refractivity contribution in [1.29, 1.82) is 0 Å². The number of aromatic nitrogens is 4. The number of ether oxygens (including phenoxy) is 1. The molecule has 0 saturated heterocycles. The van der Waals surface area contributed by atoms with Crippen molar-refractivity contribution in [3.8, 4) is 23.7 Å². The number of hydrogen-bond donors (Lipinski definition) is 1. The molecule has 2 rings (SSSR count). The fraction of sp³-hybridized carbons (Fsp3) is 0.267.